The Morgan fingerprint density at radius 1 is 0.415 bits per heavy atom. The number of hydrogen-bond acceptors (Lipinski definition) is 16. The van der Waals surface area contributed by atoms with Gasteiger partial charge in [0.25, 0.3) is 0 Å². The molecule has 65 heavy (non-hydrogen) atoms. The van der Waals surface area contributed by atoms with Gasteiger partial charge in [-0.2, -0.15) is 0 Å². The SMILES string of the molecule is C=CC(=O)OCCCCOc1ccc(OC(=O)Oc2ccc(C(=O)Oc3ccc(OC(=O)c4ccc(OC(=O)Oc5ccc(OCCCCOC(=O)C=C)cc5)cc4)c(C)c3)cc2)cc1. The van der Waals surface area contributed by atoms with Gasteiger partial charge in [-0.05, 0) is 153 Å². The van der Waals surface area contributed by atoms with Gasteiger partial charge in [-0.15, -0.1) is 0 Å². The summed E-state index contributed by atoms with van der Waals surface area (Å²) >= 11 is 0. The van der Waals surface area contributed by atoms with E-state index in [1.54, 1.807) is 55.5 Å². The summed E-state index contributed by atoms with van der Waals surface area (Å²) in [7, 11) is 0. The van der Waals surface area contributed by atoms with Crippen molar-refractivity contribution in [3.05, 3.63) is 157 Å². The van der Waals surface area contributed by atoms with Gasteiger partial charge in [-0.25, -0.2) is 28.8 Å². The summed E-state index contributed by atoms with van der Waals surface area (Å²) in [5.41, 5.74) is 0.841. The van der Waals surface area contributed by atoms with Gasteiger partial charge < -0.3 is 47.4 Å². The first-order valence-electron chi connectivity index (χ1n) is 20.1. The third kappa shape index (κ3) is 16.4. The fraction of sp³-hybridized carbons (Fsp3) is 0.184. The highest BCUT2D eigenvalue weighted by Gasteiger charge is 2.16. The van der Waals surface area contributed by atoms with Gasteiger partial charge in [0.1, 0.15) is 46.0 Å². The van der Waals surface area contributed by atoms with Crippen LogP contribution in [0, 0.1) is 6.92 Å². The van der Waals surface area contributed by atoms with Crippen molar-refractivity contribution in [1.82, 2.24) is 0 Å². The molecule has 5 rings (SSSR count). The Balaban J connectivity index is 1.000. The third-order valence-corrected chi connectivity index (χ3v) is 8.63. The Morgan fingerprint density at radius 2 is 0.754 bits per heavy atom. The summed E-state index contributed by atoms with van der Waals surface area (Å²) < 4.78 is 53.0. The van der Waals surface area contributed by atoms with Gasteiger partial charge in [0.2, 0.25) is 0 Å². The van der Waals surface area contributed by atoms with E-state index in [0.717, 1.165) is 12.2 Å². The fourth-order valence-corrected chi connectivity index (χ4v) is 5.33. The normalized spacial score (nSPS) is 10.3. The van der Waals surface area contributed by atoms with Crippen LogP contribution in [0.3, 0.4) is 0 Å². The Morgan fingerprint density at radius 3 is 1.14 bits per heavy atom. The van der Waals surface area contributed by atoms with E-state index in [1.165, 1.54) is 66.7 Å². The minimum Gasteiger partial charge on any atom is -0.494 e. The first kappa shape index (κ1) is 47.6. The molecule has 0 atom stereocenters. The van der Waals surface area contributed by atoms with Crippen LogP contribution < -0.4 is 37.9 Å². The average molecular weight is 889 g/mol. The smallest absolute Gasteiger partial charge is 0.494 e. The molecule has 0 N–H and O–H groups in total. The summed E-state index contributed by atoms with van der Waals surface area (Å²) in [4.78, 5) is 72.6. The molecule has 0 saturated carbocycles. The zero-order valence-electron chi connectivity index (χ0n) is 35.2. The molecule has 0 heterocycles. The average Bonchev–Trinajstić information content (AvgIpc) is 3.30. The van der Waals surface area contributed by atoms with Gasteiger partial charge >= 0.3 is 36.2 Å². The van der Waals surface area contributed by atoms with Gasteiger partial charge in [-0.1, -0.05) is 13.2 Å². The van der Waals surface area contributed by atoms with Gasteiger partial charge in [0.15, 0.2) is 0 Å². The molecule has 0 radical (unpaired) electrons. The summed E-state index contributed by atoms with van der Waals surface area (Å²) in [6.07, 6.45) is 2.82. The number of ether oxygens (including phenoxy) is 10. The lowest BCUT2D eigenvalue weighted by atomic mass is 10.2. The lowest BCUT2D eigenvalue weighted by molar-refractivity contribution is -0.138. The second-order valence-electron chi connectivity index (χ2n) is 13.5. The van der Waals surface area contributed by atoms with Crippen molar-refractivity contribution < 1.29 is 76.1 Å². The van der Waals surface area contributed by atoms with E-state index < -0.39 is 36.2 Å². The van der Waals surface area contributed by atoms with Crippen LogP contribution in [0.4, 0.5) is 9.59 Å². The van der Waals surface area contributed by atoms with Crippen LogP contribution >= 0.6 is 0 Å². The standard InChI is InChI=1S/C49H44O16/c1-4-44(50)58-30-8-6-28-56-36-18-22-40(23-19-36)63-48(54)61-38-14-10-34(11-15-38)46(52)60-42-26-27-43(33(3)32-42)65-47(53)35-12-16-39(17-13-35)62-49(55)64-41-24-20-37(21-25-41)57-29-7-9-31-59-45(51)5-2/h4-5,10-27,32H,1-2,6-9,28-31H2,3H3. The van der Waals surface area contributed by atoms with E-state index in [1.807, 2.05) is 0 Å². The molecule has 0 saturated heterocycles. The number of unbranched alkanes of at least 4 members (excludes halogenated alkanes) is 2. The van der Waals surface area contributed by atoms with Crippen molar-refractivity contribution in [3.63, 3.8) is 0 Å². The lowest BCUT2D eigenvalue weighted by Gasteiger charge is -2.11. The van der Waals surface area contributed by atoms with Crippen molar-refractivity contribution in [3.8, 4) is 46.0 Å². The summed E-state index contributed by atoms with van der Waals surface area (Å²) in [6.45, 7) is 9.70. The number of rotatable bonds is 22. The van der Waals surface area contributed by atoms with Crippen molar-refractivity contribution in [2.45, 2.75) is 32.6 Å². The van der Waals surface area contributed by atoms with E-state index >= 15 is 0 Å². The molecule has 0 aliphatic heterocycles. The molecule has 16 nitrogen and oxygen atoms in total. The maximum atomic E-state index is 12.9. The summed E-state index contributed by atoms with van der Waals surface area (Å²) in [6, 6.07) is 28.4. The molecule has 0 spiro atoms. The van der Waals surface area contributed by atoms with Crippen LogP contribution in [0.1, 0.15) is 52.0 Å². The molecule has 0 aliphatic rings. The molecule has 0 unspecified atom stereocenters. The zero-order valence-corrected chi connectivity index (χ0v) is 35.2. The minimum atomic E-state index is -0.994. The molecule has 0 aliphatic carbocycles. The predicted octanol–water partition coefficient (Wildman–Crippen LogP) is 9.37. The number of esters is 4. The number of benzene rings is 5. The Hall–Kier alpha value is -8.40. The molecule has 0 fully saturated rings. The maximum absolute atomic E-state index is 12.9. The van der Waals surface area contributed by atoms with Gasteiger partial charge in [0, 0.05) is 12.2 Å². The van der Waals surface area contributed by atoms with Crippen molar-refractivity contribution in [2.24, 2.45) is 0 Å². The summed E-state index contributed by atoms with van der Waals surface area (Å²) in [5.74, 6) is -0.0952. The van der Waals surface area contributed by atoms with Gasteiger partial charge in [0.05, 0.1) is 37.6 Å². The van der Waals surface area contributed by atoms with E-state index in [9.17, 15) is 28.8 Å². The quantitative estimate of drug-likeness (QED) is 0.0209. The summed E-state index contributed by atoms with van der Waals surface area (Å²) in [5, 5.41) is 0. The molecule has 0 amide bonds. The monoisotopic (exact) mass is 888 g/mol. The topological polar surface area (TPSA) is 195 Å². The van der Waals surface area contributed by atoms with Crippen LogP contribution in [0.25, 0.3) is 0 Å². The zero-order chi connectivity index (χ0) is 46.4. The molecule has 16 heteroatoms. The van der Waals surface area contributed by atoms with E-state index in [4.69, 9.17) is 47.4 Å². The highest BCUT2D eigenvalue weighted by atomic mass is 16.7. The van der Waals surface area contributed by atoms with E-state index in [2.05, 4.69) is 13.2 Å². The maximum Gasteiger partial charge on any atom is 0.519 e. The van der Waals surface area contributed by atoms with E-state index in [-0.39, 0.29) is 58.8 Å². The van der Waals surface area contributed by atoms with Crippen molar-refractivity contribution >= 4 is 36.2 Å². The molecule has 0 aromatic heterocycles. The highest BCUT2D eigenvalue weighted by Crippen LogP contribution is 2.27. The molecule has 0 bridgehead atoms. The first-order valence-corrected chi connectivity index (χ1v) is 20.1. The number of carbonyl (C=O) groups excluding carboxylic acids is 6. The van der Waals surface area contributed by atoms with Crippen LogP contribution in [0.15, 0.2) is 141 Å². The molecular weight excluding hydrogens is 845 g/mol. The lowest BCUT2D eigenvalue weighted by Crippen LogP contribution is -2.14. The number of carbonyl (C=O) groups is 6. The number of hydrogen-bond donors (Lipinski definition) is 0. The molecular formula is C49H44O16. The minimum absolute atomic E-state index is 0.123. The second-order valence-corrected chi connectivity index (χ2v) is 13.5. The molecule has 336 valence electrons. The first-order chi connectivity index (χ1) is 31.5. The van der Waals surface area contributed by atoms with Crippen LogP contribution in [-0.2, 0) is 19.1 Å². The third-order valence-electron chi connectivity index (χ3n) is 8.63. The predicted molar refractivity (Wildman–Crippen MR) is 232 cm³/mol. The van der Waals surface area contributed by atoms with Gasteiger partial charge in [-0.3, -0.25) is 0 Å². The van der Waals surface area contributed by atoms with Crippen LogP contribution in [-0.4, -0.2) is 62.6 Å². The van der Waals surface area contributed by atoms with E-state index in [0.29, 0.717) is 56.0 Å². The van der Waals surface area contributed by atoms with Crippen molar-refractivity contribution in [1.29, 1.82) is 0 Å². The molecule has 5 aromatic carbocycles. The highest BCUT2D eigenvalue weighted by molar-refractivity contribution is 5.92. The molecule has 5 aromatic rings. The fourth-order valence-electron chi connectivity index (χ4n) is 5.33. The second kappa shape index (κ2) is 24.9. The van der Waals surface area contributed by atoms with Crippen molar-refractivity contribution in [2.75, 3.05) is 26.4 Å². The Bertz CT molecular complexity index is 2420. The Labute approximate surface area is 373 Å². The Kier molecular flexibility index (Phi) is 18.2. The van der Waals surface area contributed by atoms with Crippen LogP contribution in [0.2, 0.25) is 0 Å². The van der Waals surface area contributed by atoms with Crippen LogP contribution in [0.5, 0.6) is 46.0 Å². The number of aryl methyl sites for hydroxylation is 1. The largest absolute Gasteiger partial charge is 0.519 e.